The lowest BCUT2D eigenvalue weighted by Crippen LogP contribution is -1.92. The maximum Gasteiger partial charge on any atom is 0.292 e. The monoisotopic (exact) mass is 244 g/mol. The number of nitrogen functional groups attached to an aromatic ring is 1. The molecule has 0 aliphatic carbocycles. The number of anilines is 1. The van der Waals surface area contributed by atoms with Crippen molar-refractivity contribution >= 4 is 6.01 Å². The first kappa shape index (κ1) is 11.1. The fourth-order valence-corrected chi connectivity index (χ4v) is 2.28. The molecule has 0 spiro atoms. The van der Waals surface area contributed by atoms with Crippen LogP contribution in [0.1, 0.15) is 31.0 Å². The van der Waals surface area contributed by atoms with Crippen LogP contribution in [0.15, 0.2) is 22.6 Å². The Morgan fingerprint density at radius 3 is 2.94 bits per heavy atom. The van der Waals surface area contributed by atoms with Gasteiger partial charge in [-0.3, -0.25) is 0 Å². The van der Waals surface area contributed by atoms with Gasteiger partial charge in [0.15, 0.2) is 5.76 Å². The Morgan fingerprint density at radius 2 is 2.17 bits per heavy atom. The van der Waals surface area contributed by atoms with Gasteiger partial charge in [-0.25, -0.2) is 0 Å². The lowest BCUT2D eigenvalue weighted by Gasteiger charge is -2.05. The summed E-state index contributed by atoms with van der Waals surface area (Å²) in [7, 11) is 0. The zero-order chi connectivity index (χ0) is 12.7. The molecule has 2 aromatic rings. The molecule has 1 aliphatic rings. The second kappa shape index (κ2) is 4.05. The highest BCUT2D eigenvalue weighted by Gasteiger charge is 2.19. The fraction of sp³-hybridized carbons (Fsp3) is 0.357. The molecule has 0 unspecified atom stereocenters. The molecule has 3 rings (SSSR count). The predicted octanol–water partition coefficient (Wildman–Crippen LogP) is 2.98. The van der Waals surface area contributed by atoms with E-state index in [0.717, 1.165) is 35.8 Å². The maximum absolute atomic E-state index is 5.66. The number of oxazole rings is 1. The average Bonchev–Trinajstić information content (AvgIpc) is 2.93. The quantitative estimate of drug-likeness (QED) is 0.882. The van der Waals surface area contributed by atoms with E-state index in [-0.39, 0.29) is 11.9 Å². The van der Waals surface area contributed by atoms with Crippen molar-refractivity contribution < 1.29 is 9.15 Å². The molecule has 1 aliphatic heterocycles. The highest BCUT2D eigenvalue weighted by Crippen LogP contribution is 2.35. The second-order valence-electron chi connectivity index (χ2n) is 4.84. The summed E-state index contributed by atoms with van der Waals surface area (Å²) in [6.45, 7) is 4.92. The van der Waals surface area contributed by atoms with Crippen molar-refractivity contribution in [3.05, 3.63) is 29.5 Å². The Morgan fingerprint density at radius 1 is 1.33 bits per heavy atom. The van der Waals surface area contributed by atoms with Crippen LogP contribution >= 0.6 is 0 Å². The largest absolute Gasteiger partial charge is 0.493 e. The van der Waals surface area contributed by atoms with E-state index in [9.17, 15) is 0 Å². The van der Waals surface area contributed by atoms with E-state index in [2.05, 4.69) is 24.9 Å². The average molecular weight is 244 g/mol. The number of rotatable bonds is 2. The van der Waals surface area contributed by atoms with Crippen LogP contribution in [0.5, 0.6) is 5.75 Å². The van der Waals surface area contributed by atoms with Crippen LogP contribution in [0.25, 0.3) is 11.3 Å². The minimum Gasteiger partial charge on any atom is -0.493 e. The van der Waals surface area contributed by atoms with Crippen LogP contribution in [0.2, 0.25) is 0 Å². The van der Waals surface area contributed by atoms with Crippen LogP contribution in [-0.4, -0.2) is 11.6 Å². The maximum atomic E-state index is 5.66. The van der Waals surface area contributed by atoms with Crippen molar-refractivity contribution in [1.82, 2.24) is 4.98 Å². The van der Waals surface area contributed by atoms with Gasteiger partial charge in [0.1, 0.15) is 5.75 Å². The van der Waals surface area contributed by atoms with Crippen LogP contribution in [0, 0.1) is 0 Å². The number of hydrogen-bond acceptors (Lipinski definition) is 4. The van der Waals surface area contributed by atoms with E-state index in [4.69, 9.17) is 14.9 Å². The standard InChI is InChI=1S/C14H16N2O2/c1-8(2)12-13(18-14(15)16-12)10-3-4-11-9(7-10)5-6-17-11/h3-4,7-8H,5-6H2,1-2H3,(H2,15,16). The molecule has 4 nitrogen and oxygen atoms in total. The Hall–Kier alpha value is -1.97. The second-order valence-corrected chi connectivity index (χ2v) is 4.84. The minimum atomic E-state index is 0.227. The molecule has 2 heterocycles. The van der Waals surface area contributed by atoms with Gasteiger partial charge in [0.25, 0.3) is 6.01 Å². The molecule has 1 aromatic heterocycles. The van der Waals surface area contributed by atoms with E-state index >= 15 is 0 Å². The predicted molar refractivity (Wildman–Crippen MR) is 69.6 cm³/mol. The Kier molecular flexibility index (Phi) is 2.51. The third-order valence-corrected chi connectivity index (χ3v) is 3.17. The number of fused-ring (bicyclic) bond motifs is 1. The first-order valence-corrected chi connectivity index (χ1v) is 6.17. The Bertz CT molecular complexity index is 587. The van der Waals surface area contributed by atoms with Gasteiger partial charge < -0.3 is 14.9 Å². The number of ether oxygens (including phenoxy) is 1. The van der Waals surface area contributed by atoms with Crippen molar-refractivity contribution in [3.8, 4) is 17.1 Å². The van der Waals surface area contributed by atoms with Crippen molar-refractivity contribution in [3.63, 3.8) is 0 Å². The Labute approximate surface area is 106 Å². The highest BCUT2D eigenvalue weighted by molar-refractivity contribution is 5.64. The molecule has 18 heavy (non-hydrogen) atoms. The highest BCUT2D eigenvalue weighted by atomic mass is 16.5. The van der Waals surface area contributed by atoms with Crippen LogP contribution in [0.3, 0.4) is 0 Å². The van der Waals surface area contributed by atoms with Gasteiger partial charge in [-0.1, -0.05) is 13.8 Å². The van der Waals surface area contributed by atoms with Gasteiger partial charge >= 0.3 is 0 Å². The Balaban J connectivity index is 2.09. The summed E-state index contributed by atoms with van der Waals surface area (Å²) in [5.74, 6) is 2.03. The first-order chi connectivity index (χ1) is 8.65. The van der Waals surface area contributed by atoms with E-state index in [1.54, 1.807) is 0 Å². The summed E-state index contributed by atoms with van der Waals surface area (Å²) in [5, 5.41) is 0. The van der Waals surface area contributed by atoms with Crippen LogP contribution in [0.4, 0.5) is 6.01 Å². The summed E-state index contributed by atoms with van der Waals surface area (Å²) in [5.41, 5.74) is 8.81. The molecule has 2 N–H and O–H groups in total. The van der Waals surface area contributed by atoms with Crippen LogP contribution in [-0.2, 0) is 6.42 Å². The van der Waals surface area contributed by atoms with Gasteiger partial charge in [0.05, 0.1) is 12.3 Å². The number of hydrogen-bond donors (Lipinski definition) is 1. The lowest BCUT2D eigenvalue weighted by atomic mass is 10.0. The number of nitrogens with zero attached hydrogens (tertiary/aromatic N) is 1. The zero-order valence-electron chi connectivity index (χ0n) is 10.6. The summed E-state index contributed by atoms with van der Waals surface area (Å²) in [4.78, 5) is 4.26. The summed E-state index contributed by atoms with van der Waals surface area (Å²) in [6.07, 6.45) is 0.948. The van der Waals surface area contributed by atoms with Gasteiger partial charge in [-0.15, -0.1) is 0 Å². The number of nitrogens with two attached hydrogens (primary N) is 1. The molecule has 0 atom stereocenters. The van der Waals surface area contributed by atoms with E-state index in [1.165, 1.54) is 5.56 Å². The van der Waals surface area contributed by atoms with Gasteiger partial charge in [0, 0.05) is 12.0 Å². The lowest BCUT2D eigenvalue weighted by molar-refractivity contribution is 0.357. The van der Waals surface area contributed by atoms with Crippen molar-refractivity contribution in [2.24, 2.45) is 0 Å². The normalized spacial score (nSPS) is 13.7. The van der Waals surface area contributed by atoms with Crippen LogP contribution < -0.4 is 10.5 Å². The summed E-state index contributed by atoms with van der Waals surface area (Å²) in [6, 6.07) is 6.32. The minimum absolute atomic E-state index is 0.227. The molecule has 0 fully saturated rings. The number of aromatic nitrogens is 1. The first-order valence-electron chi connectivity index (χ1n) is 6.17. The molecule has 0 amide bonds. The third-order valence-electron chi connectivity index (χ3n) is 3.17. The summed E-state index contributed by atoms with van der Waals surface area (Å²) >= 11 is 0. The van der Waals surface area contributed by atoms with Gasteiger partial charge in [0.2, 0.25) is 0 Å². The molecular weight excluding hydrogens is 228 g/mol. The van der Waals surface area contributed by atoms with E-state index < -0.39 is 0 Å². The summed E-state index contributed by atoms with van der Waals surface area (Å²) < 4.78 is 11.0. The SMILES string of the molecule is CC(C)c1nc(N)oc1-c1ccc2c(c1)CCO2. The van der Waals surface area contributed by atoms with Gasteiger partial charge in [-0.05, 0) is 29.7 Å². The van der Waals surface area contributed by atoms with Crippen molar-refractivity contribution in [2.45, 2.75) is 26.2 Å². The molecule has 0 saturated heterocycles. The van der Waals surface area contributed by atoms with E-state index in [1.807, 2.05) is 12.1 Å². The number of benzene rings is 1. The van der Waals surface area contributed by atoms with Crippen molar-refractivity contribution in [1.29, 1.82) is 0 Å². The molecule has 4 heteroatoms. The molecule has 1 aromatic carbocycles. The topological polar surface area (TPSA) is 61.3 Å². The fourth-order valence-electron chi connectivity index (χ4n) is 2.28. The molecule has 0 radical (unpaired) electrons. The molecule has 0 bridgehead atoms. The van der Waals surface area contributed by atoms with E-state index in [0.29, 0.717) is 0 Å². The molecular formula is C14H16N2O2. The zero-order valence-corrected chi connectivity index (χ0v) is 10.6. The molecule has 0 saturated carbocycles. The third kappa shape index (κ3) is 1.74. The van der Waals surface area contributed by atoms with Crippen molar-refractivity contribution in [2.75, 3.05) is 12.3 Å². The molecule has 94 valence electrons. The van der Waals surface area contributed by atoms with Gasteiger partial charge in [-0.2, -0.15) is 4.98 Å². The smallest absolute Gasteiger partial charge is 0.292 e.